The average Bonchev–Trinajstić information content (AvgIpc) is 2.21. The standard InChI is InChI=1S/C13H13F6N/c14-12(15,16)11(13(17,18)19)10(20)6-8-5-7-3-1-2-4-9(7)8/h1-4,8,10-11H,5-6,20H2. The third kappa shape index (κ3) is 2.92. The maximum Gasteiger partial charge on any atom is 0.401 e. The Labute approximate surface area is 111 Å². The highest BCUT2D eigenvalue weighted by atomic mass is 19.4. The number of benzene rings is 1. The summed E-state index contributed by atoms with van der Waals surface area (Å²) in [6, 6.07) is 5.04. The van der Waals surface area contributed by atoms with Gasteiger partial charge in [0.2, 0.25) is 0 Å². The predicted molar refractivity (Wildman–Crippen MR) is 61.1 cm³/mol. The first-order chi connectivity index (χ1) is 9.10. The van der Waals surface area contributed by atoms with Gasteiger partial charge in [-0.15, -0.1) is 0 Å². The van der Waals surface area contributed by atoms with E-state index in [1.54, 1.807) is 18.2 Å². The van der Waals surface area contributed by atoms with Gasteiger partial charge >= 0.3 is 12.4 Å². The van der Waals surface area contributed by atoms with Crippen LogP contribution in [0, 0.1) is 5.92 Å². The Balaban J connectivity index is 2.10. The third-order valence-electron chi connectivity index (χ3n) is 3.65. The second kappa shape index (κ2) is 4.95. The van der Waals surface area contributed by atoms with Crippen LogP contribution in [0.15, 0.2) is 24.3 Å². The lowest BCUT2D eigenvalue weighted by atomic mass is 9.73. The molecule has 0 heterocycles. The molecule has 2 unspecified atom stereocenters. The normalized spacial score (nSPS) is 20.5. The summed E-state index contributed by atoms with van der Waals surface area (Å²) in [5.41, 5.74) is 6.97. The lowest BCUT2D eigenvalue weighted by Gasteiger charge is -2.35. The van der Waals surface area contributed by atoms with Crippen LogP contribution in [0.5, 0.6) is 0 Å². The fourth-order valence-electron chi connectivity index (χ4n) is 2.71. The van der Waals surface area contributed by atoms with Gasteiger partial charge in [0.15, 0.2) is 5.92 Å². The molecule has 7 heteroatoms. The van der Waals surface area contributed by atoms with E-state index < -0.39 is 24.3 Å². The quantitative estimate of drug-likeness (QED) is 0.844. The summed E-state index contributed by atoms with van der Waals surface area (Å²) in [4.78, 5) is 0. The summed E-state index contributed by atoms with van der Waals surface area (Å²) in [5, 5.41) is 0. The Bertz CT molecular complexity index is 464. The molecule has 1 aromatic rings. The van der Waals surface area contributed by atoms with Crippen molar-refractivity contribution in [2.24, 2.45) is 11.7 Å². The van der Waals surface area contributed by atoms with Crippen LogP contribution in [0.3, 0.4) is 0 Å². The molecule has 1 aliphatic carbocycles. The van der Waals surface area contributed by atoms with Crippen molar-refractivity contribution >= 4 is 0 Å². The van der Waals surface area contributed by atoms with Crippen molar-refractivity contribution in [1.29, 1.82) is 0 Å². The first-order valence-corrected chi connectivity index (χ1v) is 6.07. The van der Waals surface area contributed by atoms with Gasteiger partial charge in [0.25, 0.3) is 0 Å². The number of alkyl halides is 6. The second-order valence-corrected chi connectivity index (χ2v) is 5.06. The van der Waals surface area contributed by atoms with E-state index in [2.05, 4.69) is 0 Å². The van der Waals surface area contributed by atoms with Crippen molar-refractivity contribution < 1.29 is 26.3 Å². The molecular weight excluding hydrogens is 284 g/mol. The summed E-state index contributed by atoms with van der Waals surface area (Å²) in [7, 11) is 0. The molecule has 2 rings (SSSR count). The van der Waals surface area contributed by atoms with E-state index in [0.29, 0.717) is 6.42 Å². The fraction of sp³-hybridized carbons (Fsp3) is 0.538. The van der Waals surface area contributed by atoms with Gasteiger partial charge in [0, 0.05) is 6.04 Å². The Morgan fingerprint density at radius 2 is 1.60 bits per heavy atom. The van der Waals surface area contributed by atoms with Crippen molar-refractivity contribution in [2.45, 2.75) is 37.2 Å². The van der Waals surface area contributed by atoms with E-state index in [0.717, 1.165) is 11.1 Å². The van der Waals surface area contributed by atoms with Crippen molar-refractivity contribution in [2.75, 3.05) is 0 Å². The van der Waals surface area contributed by atoms with Crippen LogP contribution in [0.4, 0.5) is 26.3 Å². The first kappa shape index (κ1) is 15.2. The van der Waals surface area contributed by atoms with Crippen LogP contribution in [0.25, 0.3) is 0 Å². The lowest BCUT2D eigenvalue weighted by molar-refractivity contribution is -0.290. The summed E-state index contributed by atoms with van der Waals surface area (Å²) in [6.45, 7) is 0. The summed E-state index contributed by atoms with van der Waals surface area (Å²) < 4.78 is 75.2. The van der Waals surface area contributed by atoms with Gasteiger partial charge in [0.1, 0.15) is 0 Å². The van der Waals surface area contributed by atoms with E-state index in [4.69, 9.17) is 5.73 Å². The largest absolute Gasteiger partial charge is 0.401 e. The van der Waals surface area contributed by atoms with E-state index >= 15 is 0 Å². The molecule has 0 spiro atoms. The first-order valence-electron chi connectivity index (χ1n) is 6.07. The zero-order valence-electron chi connectivity index (χ0n) is 10.3. The Kier molecular flexibility index (Phi) is 3.75. The highest BCUT2D eigenvalue weighted by molar-refractivity contribution is 5.39. The number of nitrogens with two attached hydrogens (primary N) is 1. The Morgan fingerprint density at radius 1 is 1.05 bits per heavy atom. The molecule has 0 aromatic heterocycles. The molecule has 2 atom stereocenters. The zero-order chi connectivity index (χ0) is 15.1. The monoisotopic (exact) mass is 297 g/mol. The minimum atomic E-state index is -5.37. The Hall–Kier alpha value is -1.24. The minimum absolute atomic E-state index is 0.319. The molecule has 0 amide bonds. The van der Waals surface area contributed by atoms with Gasteiger partial charge in [-0.3, -0.25) is 0 Å². The van der Waals surface area contributed by atoms with Crippen LogP contribution in [-0.4, -0.2) is 18.4 Å². The van der Waals surface area contributed by atoms with E-state index in [1.165, 1.54) is 0 Å². The molecule has 1 aliphatic rings. The van der Waals surface area contributed by atoms with Gasteiger partial charge in [-0.2, -0.15) is 26.3 Å². The molecule has 112 valence electrons. The number of halogens is 6. The van der Waals surface area contributed by atoms with E-state index in [1.807, 2.05) is 6.07 Å². The molecule has 1 aromatic carbocycles. The number of fused-ring (bicyclic) bond motifs is 1. The second-order valence-electron chi connectivity index (χ2n) is 5.06. The summed E-state index contributed by atoms with van der Waals surface area (Å²) in [6.07, 6.45) is -10.6. The van der Waals surface area contributed by atoms with Gasteiger partial charge in [-0.25, -0.2) is 0 Å². The SMILES string of the molecule is NC(CC1Cc2ccccc21)C(C(F)(F)F)C(F)(F)F. The van der Waals surface area contributed by atoms with Crippen molar-refractivity contribution in [3.8, 4) is 0 Å². The number of hydrogen-bond acceptors (Lipinski definition) is 1. The smallest absolute Gasteiger partial charge is 0.327 e. The molecule has 0 radical (unpaired) electrons. The molecule has 2 N–H and O–H groups in total. The molecule has 0 saturated carbocycles. The summed E-state index contributed by atoms with van der Waals surface area (Å²) in [5.74, 6) is -3.80. The number of hydrogen-bond donors (Lipinski definition) is 1. The molecule has 1 nitrogen and oxygen atoms in total. The summed E-state index contributed by atoms with van der Waals surface area (Å²) >= 11 is 0. The molecule has 0 bridgehead atoms. The fourth-order valence-corrected chi connectivity index (χ4v) is 2.71. The molecule has 0 aliphatic heterocycles. The van der Waals surface area contributed by atoms with Gasteiger partial charge < -0.3 is 5.73 Å². The van der Waals surface area contributed by atoms with Crippen molar-refractivity contribution in [3.05, 3.63) is 35.4 Å². The molecule has 20 heavy (non-hydrogen) atoms. The average molecular weight is 297 g/mol. The van der Waals surface area contributed by atoms with E-state index in [-0.39, 0.29) is 12.3 Å². The zero-order valence-corrected chi connectivity index (χ0v) is 10.3. The predicted octanol–water partition coefficient (Wildman–Crippen LogP) is 3.78. The highest BCUT2D eigenvalue weighted by Crippen LogP contribution is 2.45. The van der Waals surface area contributed by atoms with Crippen LogP contribution in [0.1, 0.15) is 23.5 Å². The van der Waals surface area contributed by atoms with Crippen molar-refractivity contribution in [3.63, 3.8) is 0 Å². The topological polar surface area (TPSA) is 26.0 Å². The molecular formula is C13H13F6N. The highest BCUT2D eigenvalue weighted by Gasteiger charge is 2.59. The van der Waals surface area contributed by atoms with Crippen LogP contribution in [0.2, 0.25) is 0 Å². The maximum atomic E-state index is 12.5. The van der Waals surface area contributed by atoms with Crippen molar-refractivity contribution in [1.82, 2.24) is 0 Å². The van der Waals surface area contributed by atoms with Crippen LogP contribution < -0.4 is 5.73 Å². The maximum absolute atomic E-state index is 12.5. The Morgan fingerprint density at radius 3 is 2.10 bits per heavy atom. The van der Waals surface area contributed by atoms with Gasteiger partial charge in [-0.1, -0.05) is 24.3 Å². The number of rotatable bonds is 3. The van der Waals surface area contributed by atoms with Gasteiger partial charge in [-0.05, 0) is 29.9 Å². The minimum Gasteiger partial charge on any atom is -0.327 e. The lowest BCUT2D eigenvalue weighted by Crippen LogP contribution is -2.49. The van der Waals surface area contributed by atoms with E-state index in [9.17, 15) is 26.3 Å². The van der Waals surface area contributed by atoms with Gasteiger partial charge in [0.05, 0.1) is 0 Å². The third-order valence-corrected chi connectivity index (χ3v) is 3.65. The molecule has 0 saturated heterocycles. The van der Waals surface area contributed by atoms with Crippen LogP contribution in [-0.2, 0) is 6.42 Å². The van der Waals surface area contributed by atoms with Crippen LogP contribution >= 0.6 is 0 Å². The molecule has 0 fully saturated rings.